The van der Waals surface area contributed by atoms with Crippen molar-refractivity contribution in [1.29, 1.82) is 0 Å². The van der Waals surface area contributed by atoms with E-state index in [-0.39, 0.29) is 0 Å². The molecule has 1 rings (SSSR count). The van der Waals surface area contributed by atoms with Gasteiger partial charge in [0.2, 0.25) is 0 Å². The average Bonchev–Trinajstić information content (AvgIpc) is 1.86. The molecule has 1 aliphatic heterocycles. The summed E-state index contributed by atoms with van der Waals surface area (Å²) in [6, 6.07) is 0. The molecule has 0 aliphatic carbocycles. The Kier molecular flexibility index (Phi) is 1.81. The Morgan fingerprint density at radius 1 is 1.33 bits per heavy atom. The van der Waals surface area contributed by atoms with Gasteiger partial charge < -0.3 is 0 Å². The summed E-state index contributed by atoms with van der Waals surface area (Å²) in [6.07, 6.45) is 0. The van der Waals surface area contributed by atoms with Crippen LogP contribution >= 0.6 is 0 Å². The van der Waals surface area contributed by atoms with E-state index in [0.717, 1.165) is 13.2 Å². The minimum absolute atomic E-state index is 0.856. The molecule has 0 aromatic heterocycles. The van der Waals surface area contributed by atoms with Crippen LogP contribution in [0.2, 0.25) is 4.63 Å². The second kappa shape index (κ2) is 2.20. The van der Waals surface area contributed by atoms with Gasteiger partial charge in [0.25, 0.3) is 0 Å². The van der Waals surface area contributed by atoms with Crippen molar-refractivity contribution >= 4 is 22.6 Å². The molecule has 36 valence electrons. The summed E-state index contributed by atoms with van der Waals surface area (Å²) in [5, 5.41) is 0. The second-order valence-electron chi connectivity index (χ2n) is 1.11. The van der Waals surface area contributed by atoms with Crippen molar-refractivity contribution in [2.45, 2.75) is 4.63 Å². The molecule has 2 nitrogen and oxygen atoms in total. The molecule has 0 saturated carbocycles. The van der Waals surface area contributed by atoms with Gasteiger partial charge in [-0.15, -0.1) is 0 Å². The third-order valence-electron chi connectivity index (χ3n) is 0.630. The maximum atomic E-state index is 5.13. The van der Waals surface area contributed by atoms with E-state index >= 15 is 0 Å². The first-order valence-electron chi connectivity index (χ1n) is 1.89. The first-order valence-corrected chi connectivity index (χ1v) is 8.21. The van der Waals surface area contributed by atoms with E-state index < -0.39 is 22.6 Å². The Balaban J connectivity index is 2.18. The number of rotatable bonds is 0. The van der Waals surface area contributed by atoms with Gasteiger partial charge >= 0.3 is 46.1 Å². The molecule has 0 amide bonds. The molecule has 0 aromatic carbocycles. The Hall–Kier alpha value is 0.803. The van der Waals surface area contributed by atoms with Crippen LogP contribution in [0.3, 0.4) is 0 Å². The van der Waals surface area contributed by atoms with Gasteiger partial charge in [-0.2, -0.15) is 0 Å². The van der Waals surface area contributed by atoms with Crippen molar-refractivity contribution in [2.24, 2.45) is 0 Å². The SMILES string of the molecule is [CH3][Bi]1[O]CC[O]1. The van der Waals surface area contributed by atoms with Crippen molar-refractivity contribution in [3.8, 4) is 0 Å². The minimum atomic E-state index is -1.56. The molecule has 0 spiro atoms. The monoisotopic (exact) mass is 284 g/mol. The van der Waals surface area contributed by atoms with Crippen molar-refractivity contribution < 1.29 is 5.63 Å². The van der Waals surface area contributed by atoms with Gasteiger partial charge in [-0.3, -0.25) is 0 Å². The van der Waals surface area contributed by atoms with E-state index in [1.54, 1.807) is 0 Å². The first kappa shape index (κ1) is 4.95. The maximum absolute atomic E-state index is 5.13. The predicted molar refractivity (Wildman–Crippen MR) is 23.5 cm³/mol. The van der Waals surface area contributed by atoms with Gasteiger partial charge in [0, 0.05) is 0 Å². The van der Waals surface area contributed by atoms with Crippen LogP contribution in [0.1, 0.15) is 0 Å². The summed E-state index contributed by atoms with van der Waals surface area (Å²) in [5.41, 5.74) is 0. The standard InChI is InChI=1S/C2H4O2.CH3.Bi/c3-1-2-4;;/h1-2H2;1H3;/q-2;;+2. The summed E-state index contributed by atoms with van der Waals surface area (Å²) in [4.78, 5) is 0. The molecular weight excluding hydrogens is 277 g/mol. The Morgan fingerprint density at radius 2 is 1.83 bits per heavy atom. The molecule has 0 unspecified atom stereocenters. The molecule has 0 bridgehead atoms. The van der Waals surface area contributed by atoms with E-state index in [1.165, 1.54) is 0 Å². The van der Waals surface area contributed by atoms with Crippen LogP contribution in [-0.2, 0) is 5.63 Å². The van der Waals surface area contributed by atoms with E-state index in [1.807, 2.05) is 0 Å². The quantitative estimate of drug-likeness (QED) is 0.590. The molecule has 0 aromatic rings. The molecule has 1 aliphatic rings. The topological polar surface area (TPSA) is 18.5 Å². The number of hydrogen-bond acceptors (Lipinski definition) is 2. The molecule has 1 saturated heterocycles. The van der Waals surface area contributed by atoms with Gasteiger partial charge in [-0.1, -0.05) is 0 Å². The Labute approximate surface area is 46.4 Å². The van der Waals surface area contributed by atoms with Gasteiger partial charge in [0.05, 0.1) is 0 Å². The van der Waals surface area contributed by atoms with E-state index in [0.29, 0.717) is 0 Å². The average molecular weight is 284 g/mol. The van der Waals surface area contributed by atoms with Gasteiger partial charge in [0.1, 0.15) is 0 Å². The van der Waals surface area contributed by atoms with Gasteiger partial charge in [0.15, 0.2) is 0 Å². The second-order valence-corrected chi connectivity index (χ2v) is 6.53. The zero-order chi connectivity index (χ0) is 4.41. The zero-order valence-electron chi connectivity index (χ0n) is 3.68. The molecule has 3 heteroatoms. The molecule has 0 radical (unpaired) electrons. The molecule has 0 N–H and O–H groups in total. The van der Waals surface area contributed by atoms with Crippen LogP contribution in [0.25, 0.3) is 0 Å². The van der Waals surface area contributed by atoms with Crippen LogP contribution < -0.4 is 0 Å². The van der Waals surface area contributed by atoms with Crippen LogP contribution in [0.15, 0.2) is 0 Å². The van der Waals surface area contributed by atoms with Crippen molar-refractivity contribution in [2.75, 3.05) is 13.2 Å². The van der Waals surface area contributed by atoms with Crippen molar-refractivity contribution in [3.05, 3.63) is 0 Å². The molecule has 0 atom stereocenters. The van der Waals surface area contributed by atoms with Crippen LogP contribution in [0.4, 0.5) is 0 Å². The fourth-order valence-electron chi connectivity index (χ4n) is 0.369. The summed E-state index contributed by atoms with van der Waals surface area (Å²) >= 11 is -1.56. The fourth-order valence-corrected chi connectivity index (χ4v) is 3.24. The summed E-state index contributed by atoms with van der Waals surface area (Å²) < 4.78 is 12.4. The third-order valence-corrected chi connectivity index (χ3v) is 4.88. The van der Waals surface area contributed by atoms with Gasteiger partial charge in [-0.25, -0.2) is 0 Å². The summed E-state index contributed by atoms with van der Waals surface area (Å²) in [5.74, 6) is 0. The molecular formula is C3H7BiO2. The van der Waals surface area contributed by atoms with E-state index in [2.05, 4.69) is 4.63 Å². The van der Waals surface area contributed by atoms with Crippen molar-refractivity contribution in [1.82, 2.24) is 0 Å². The molecule has 1 heterocycles. The zero-order valence-corrected chi connectivity index (χ0v) is 7.15. The first-order chi connectivity index (χ1) is 2.89. The normalized spacial score (nSPS) is 25.5. The molecule has 1 fully saturated rings. The van der Waals surface area contributed by atoms with Crippen LogP contribution in [0, 0.1) is 0 Å². The Bertz CT molecular complexity index is 42.1. The number of hydrogen-bond donors (Lipinski definition) is 0. The van der Waals surface area contributed by atoms with Gasteiger partial charge in [-0.05, 0) is 0 Å². The van der Waals surface area contributed by atoms with E-state index in [9.17, 15) is 0 Å². The fraction of sp³-hybridized carbons (Fsp3) is 1.00. The van der Waals surface area contributed by atoms with Crippen molar-refractivity contribution in [3.63, 3.8) is 0 Å². The molecule has 6 heavy (non-hydrogen) atoms. The van der Waals surface area contributed by atoms with Crippen LogP contribution in [0.5, 0.6) is 0 Å². The Morgan fingerprint density at radius 3 is 2.00 bits per heavy atom. The third kappa shape index (κ3) is 1.14. The van der Waals surface area contributed by atoms with E-state index in [4.69, 9.17) is 5.63 Å². The summed E-state index contributed by atoms with van der Waals surface area (Å²) in [7, 11) is 0. The predicted octanol–water partition coefficient (Wildman–Crippen LogP) is 0.151. The van der Waals surface area contributed by atoms with Crippen LogP contribution in [-0.4, -0.2) is 35.8 Å². The summed E-state index contributed by atoms with van der Waals surface area (Å²) in [6.45, 7) is 1.71.